The molecule has 7 heteroatoms. The number of carboxylic acids is 1. The molecule has 0 unspecified atom stereocenters. The summed E-state index contributed by atoms with van der Waals surface area (Å²) in [6.07, 6.45) is 0.766. The van der Waals surface area contributed by atoms with E-state index in [1.807, 2.05) is 25.1 Å². The average molecular weight is 346 g/mol. The molecule has 0 bridgehead atoms. The minimum atomic E-state index is -0.997. The molecule has 0 saturated carbocycles. The number of imidazole rings is 1. The molecule has 24 heavy (non-hydrogen) atoms. The van der Waals surface area contributed by atoms with E-state index >= 15 is 0 Å². The Morgan fingerprint density at radius 2 is 2.08 bits per heavy atom. The van der Waals surface area contributed by atoms with Gasteiger partial charge in [-0.1, -0.05) is 6.92 Å². The number of nitrogens with zero attached hydrogens (tertiary/aromatic N) is 2. The van der Waals surface area contributed by atoms with E-state index in [1.54, 1.807) is 25.5 Å². The van der Waals surface area contributed by atoms with Crippen LogP contribution < -0.4 is 9.47 Å². The minimum absolute atomic E-state index is 0.181. The molecule has 6 nitrogen and oxygen atoms in total. The molecule has 0 amide bonds. The number of aromatic carboxylic acids is 1. The van der Waals surface area contributed by atoms with Gasteiger partial charge in [-0.2, -0.15) is 0 Å². The molecule has 0 saturated heterocycles. The lowest BCUT2D eigenvalue weighted by atomic mass is 10.1. The highest BCUT2D eigenvalue weighted by atomic mass is 32.1. The van der Waals surface area contributed by atoms with Crippen LogP contribution in [-0.4, -0.2) is 34.7 Å². The molecule has 2 heterocycles. The summed E-state index contributed by atoms with van der Waals surface area (Å²) in [5.41, 5.74) is 2.27. The number of aryl methyl sites for hydroxylation is 2. The van der Waals surface area contributed by atoms with Gasteiger partial charge < -0.3 is 14.6 Å². The molecule has 0 fully saturated rings. The molecule has 0 aliphatic heterocycles. The van der Waals surface area contributed by atoms with Gasteiger partial charge in [0.05, 0.1) is 25.6 Å². The number of carboxylic acid groups (broad SMARTS) is 1. The predicted octanol–water partition coefficient (Wildman–Crippen LogP) is 3.65. The van der Waals surface area contributed by atoms with Gasteiger partial charge in [-0.25, -0.2) is 9.78 Å². The van der Waals surface area contributed by atoms with Gasteiger partial charge in [0, 0.05) is 10.4 Å². The standard InChI is InChI=1S/C17H18N2O4S/c1-5-13-15(11-8-10(22-3)6-7-12(11)23-4)19-14(16(20)21)9(2)18-17(19)24-13/h6-8H,5H2,1-4H3,(H,20,21). The fraction of sp³-hybridized carbons (Fsp3) is 0.294. The van der Waals surface area contributed by atoms with Gasteiger partial charge in [0.15, 0.2) is 10.7 Å². The van der Waals surface area contributed by atoms with Crippen LogP contribution >= 0.6 is 11.3 Å². The average Bonchev–Trinajstić information content (AvgIpc) is 3.07. The number of benzene rings is 1. The molecule has 0 radical (unpaired) electrons. The van der Waals surface area contributed by atoms with Crippen LogP contribution in [0.4, 0.5) is 0 Å². The fourth-order valence-electron chi connectivity index (χ4n) is 2.82. The fourth-order valence-corrected chi connectivity index (χ4v) is 3.94. The van der Waals surface area contributed by atoms with E-state index in [9.17, 15) is 9.90 Å². The first kappa shape index (κ1) is 16.3. The van der Waals surface area contributed by atoms with E-state index in [1.165, 1.54) is 11.3 Å². The van der Waals surface area contributed by atoms with Gasteiger partial charge in [-0.05, 0) is 31.5 Å². The van der Waals surface area contributed by atoms with Gasteiger partial charge in [0.25, 0.3) is 0 Å². The molecule has 0 aliphatic rings. The second kappa shape index (κ2) is 6.16. The van der Waals surface area contributed by atoms with Crippen LogP contribution in [-0.2, 0) is 6.42 Å². The van der Waals surface area contributed by atoms with Gasteiger partial charge in [-0.15, -0.1) is 11.3 Å². The van der Waals surface area contributed by atoms with Crippen LogP contribution in [0.2, 0.25) is 0 Å². The number of rotatable bonds is 5. The Bertz CT molecular complexity index is 926. The van der Waals surface area contributed by atoms with Gasteiger partial charge in [0.2, 0.25) is 0 Å². The highest BCUT2D eigenvalue weighted by Crippen LogP contribution is 2.40. The van der Waals surface area contributed by atoms with Crippen molar-refractivity contribution in [2.24, 2.45) is 0 Å². The molecule has 126 valence electrons. The van der Waals surface area contributed by atoms with Gasteiger partial charge >= 0.3 is 5.97 Å². The molecular formula is C17H18N2O4S. The third-order valence-corrected chi connectivity index (χ3v) is 5.09. The second-order valence-corrected chi connectivity index (χ2v) is 6.32. The zero-order chi connectivity index (χ0) is 17.4. The van der Waals surface area contributed by atoms with Crippen molar-refractivity contribution in [1.29, 1.82) is 0 Å². The van der Waals surface area contributed by atoms with Crippen LogP contribution in [0.5, 0.6) is 11.5 Å². The lowest BCUT2D eigenvalue weighted by Crippen LogP contribution is -2.05. The van der Waals surface area contributed by atoms with Crippen LogP contribution in [0.1, 0.15) is 28.0 Å². The molecule has 3 rings (SSSR count). The Hall–Kier alpha value is -2.54. The molecule has 3 aromatic rings. The number of thiazole rings is 1. The lowest BCUT2D eigenvalue weighted by Gasteiger charge is -2.12. The minimum Gasteiger partial charge on any atom is -0.497 e. The van der Waals surface area contributed by atoms with E-state index in [0.717, 1.165) is 22.6 Å². The molecule has 2 aromatic heterocycles. The Kier molecular flexibility index (Phi) is 4.19. The summed E-state index contributed by atoms with van der Waals surface area (Å²) >= 11 is 1.50. The van der Waals surface area contributed by atoms with Crippen molar-refractivity contribution >= 4 is 22.3 Å². The van der Waals surface area contributed by atoms with Gasteiger partial charge in [0.1, 0.15) is 11.5 Å². The Labute approximate surface area is 143 Å². The zero-order valence-corrected chi connectivity index (χ0v) is 14.7. The van der Waals surface area contributed by atoms with Crippen LogP contribution in [0, 0.1) is 6.92 Å². The predicted molar refractivity (Wildman–Crippen MR) is 92.7 cm³/mol. The zero-order valence-electron chi connectivity index (χ0n) is 13.9. The quantitative estimate of drug-likeness (QED) is 0.763. The first-order valence-corrected chi connectivity index (χ1v) is 8.29. The third-order valence-electron chi connectivity index (χ3n) is 3.91. The highest BCUT2D eigenvalue weighted by molar-refractivity contribution is 7.17. The van der Waals surface area contributed by atoms with Crippen molar-refractivity contribution in [3.8, 4) is 22.8 Å². The normalized spacial score (nSPS) is 11.0. The summed E-state index contributed by atoms with van der Waals surface area (Å²) in [5, 5.41) is 9.62. The maximum atomic E-state index is 11.7. The first-order valence-electron chi connectivity index (χ1n) is 7.48. The van der Waals surface area contributed by atoms with Crippen molar-refractivity contribution in [3.05, 3.63) is 34.5 Å². The monoisotopic (exact) mass is 346 g/mol. The summed E-state index contributed by atoms with van der Waals surface area (Å²) in [7, 11) is 3.19. The number of hydrogen-bond donors (Lipinski definition) is 1. The molecular weight excluding hydrogens is 328 g/mol. The Morgan fingerprint density at radius 3 is 2.67 bits per heavy atom. The van der Waals surface area contributed by atoms with Crippen molar-refractivity contribution in [3.63, 3.8) is 0 Å². The van der Waals surface area contributed by atoms with Crippen LogP contribution in [0.3, 0.4) is 0 Å². The molecule has 0 atom stereocenters. The van der Waals surface area contributed by atoms with Gasteiger partial charge in [-0.3, -0.25) is 4.40 Å². The molecule has 0 spiro atoms. The van der Waals surface area contributed by atoms with Crippen LogP contribution in [0.25, 0.3) is 16.2 Å². The summed E-state index contributed by atoms with van der Waals surface area (Å²) < 4.78 is 12.5. The topological polar surface area (TPSA) is 73.1 Å². The maximum absolute atomic E-state index is 11.7. The van der Waals surface area contributed by atoms with Crippen molar-refractivity contribution in [2.45, 2.75) is 20.3 Å². The van der Waals surface area contributed by atoms with Crippen molar-refractivity contribution < 1.29 is 19.4 Å². The summed E-state index contributed by atoms with van der Waals surface area (Å²) in [4.78, 5) is 17.9. The number of methoxy groups -OCH3 is 2. The van der Waals surface area contributed by atoms with Crippen LogP contribution in [0.15, 0.2) is 18.2 Å². The third kappa shape index (κ3) is 2.41. The van der Waals surface area contributed by atoms with Crippen molar-refractivity contribution in [2.75, 3.05) is 14.2 Å². The van der Waals surface area contributed by atoms with E-state index in [-0.39, 0.29) is 5.69 Å². The number of aromatic nitrogens is 2. The lowest BCUT2D eigenvalue weighted by molar-refractivity contribution is 0.0688. The first-order chi connectivity index (χ1) is 11.5. The largest absolute Gasteiger partial charge is 0.497 e. The summed E-state index contributed by atoms with van der Waals surface area (Å²) in [5.74, 6) is 0.345. The second-order valence-electron chi connectivity index (χ2n) is 5.26. The maximum Gasteiger partial charge on any atom is 0.354 e. The number of fused-ring (bicyclic) bond motifs is 1. The highest BCUT2D eigenvalue weighted by Gasteiger charge is 2.25. The number of ether oxygens (including phenoxy) is 2. The smallest absolute Gasteiger partial charge is 0.354 e. The summed E-state index contributed by atoms with van der Waals surface area (Å²) in [6, 6.07) is 5.50. The Morgan fingerprint density at radius 1 is 1.33 bits per heavy atom. The molecule has 0 aliphatic carbocycles. The number of hydrogen-bond acceptors (Lipinski definition) is 5. The molecule has 1 N–H and O–H groups in total. The number of carbonyl (C=O) groups is 1. The van der Waals surface area contributed by atoms with E-state index in [2.05, 4.69) is 4.98 Å². The van der Waals surface area contributed by atoms with E-state index in [4.69, 9.17) is 9.47 Å². The van der Waals surface area contributed by atoms with Crippen molar-refractivity contribution in [1.82, 2.24) is 9.38 Å². The molecule has 1 aromatic carbocycles. The van der Waals surface area contributed by atoms with E-state index in [0.29, 0.717) is 22.2 Å². The SMILES string of the molecule is CCc1sc2nc(C)c(C(=O)O)n2c1-c1cc(OC)ccc1OC. The van der Waals surface area contributed by atoms with E-state index < -0.39 is 5.97 Å². The Balaban J connectivity index is 2.42. The summed E-state index contributed by atoms with van der Waals surface area (Å²) in [6.45, 7) is 3.75.